The van der Waals surface area contributed by atoms with Crippen LogP contribution in [0.5, 0.6) is 0 Å². The van der Waals surface area contributed by atoms with Gasteiger partial charge in [-0.3, -0.25) is 4.90 Å². The zero-order valence-electron chi connectivity index (χ0n) is 8.79. The normalized spacial score (nSPS) is 16.3. The predicted molar refractivity (Wildman–Crippen MR) is 52.4 cm³/mol. The average molecular weight is 210 g/mol. The number of hydrogen-bond donors (Lipinski definition) is 2. The molecule has 3 nitrogen and oxygen atoms in total. The highest BCUT2D eigenvalue weighted by Gasteiger charge is 2.22. The highest BCUT2D eigenvalue weighted by Crippen LogP contribution is 2.08. The first-order valence-electron chi connectivity index (χ1n) is 4.87. The first kappa shape index (κ1) is 13.7. The van der Waals surface area contributed by atoms with Gasteiger partial charge in [0.25, 0.3) is 6.43 Å². The van der Waals surface area contributed by atoms with Crippen molar-refractivity contribution < 1.29 is 13.9 Å². The second-order valence-electron chi connectivity index (χ2n) is 3.53. The number of nitrogens with two attached hydrogens (primary N) is 1. The fraction of sp³-hybridized carbons (Fsp3) is 1.00. The van der Waals surface area contributed by atoms with E-state index >= 15 is 0 Å². The van der Waals surface area contributed by atoms with Gasteiger partial charge < -0.3 is 10.8 Å². The number of alkyl halides is 2. The fourth-order valence-electron chi connectivity index (χ4n) is 1.48. The van der Waals surface area contributed by atoms with Gasteiger partial charge in [0.05, 0.1) is 13.2 Å². The molecular weight excluding hydrogens is 190 g/mol. The van der Waals surface area contributed by atoms with Gasteiger partial charge in [-0.2, -0.15) is 0 Å². The summed E-state index contributed by atoms with van der Waals surface area (Å²) >= 11 is 0. The second-order valence-corrected chi connectivity index (χ2v) is 3.53. The van der Waals surface area contributed by atoms with Crippen molar-refractivity contribution in [3.63, 3.8) is 0 Å². The second kappa shape index (κ2) is 7.09. The van der Waals surface area contributed by atoms with Crippen LogP contribution in [-0.4, -0.2) is 48.7 Å². The quantitative estimate of drug-likeness (QED) is 0.649. The summed E-state index contributed by atoms with van der Waals surface area (Å²) in [7, 11) is 1.56. The average Bonchev–Trinajstić information content (AvgIpc) is 2.04. The molecule has 5 heteroatoms. The molecule has 14 heavy (non-hydrogen) atoms. The molecule has 0 saturated carbocycles. The van der Waals surface area contributed by atoms with Crippen LogP contribution >= 0.6 is 0 Å². The molecule has 0 aliphatic carbocycles. The topological polar surface area (TPSA) is 49.5 Å². The molecular formula is C9H20F2N2O. The molecule has 0 saturated heterocycles. The maximum atomic E-state index is 12.1. The number of aliphatic hydroxyl groups is 1. The lowest BCUT2D eigenvalue weighted by Gasteiger charge is -2.30. The Labute approximate surface area is 83.9 Å². The maximum absolute atomic E-state index is 12.1. The minimum absolute atomic E-state index is 0.176. The lowest BCUT2D eigenvalue weighted by molar-refractivity contribution is 0.0523. The van der Waals surface area contributed by atoms with Crippen molar-refractivity contribution >= 4 is 0 Å². The Morgan fingerprint density at radius 1 is 1.43 bits per heavy atom. The van der Waals surface area contributed by atoms with E-state index in [1.165, 1.54) is 4.90 Å². The number of aliphatic hydroxyl groups excluding tert-OH is 1. The summed E-state index contributed by atoms with van der Waals surface area (Å²) in [4.78, 5) is 1.42. The third kappa shape index (κ3) is 4.83. The van der Waals surface area contributed by atoms with Crippen molar-refractivity contribution in [2.45, 2.75) is 38.3 Å². The molecule has 0 amide bonds. The van der Waals surface area contributed by atoms with Gasteiger partial charge in [0.2, 0.25) is 0 Å². The first-order chi connectivity index (χ1) is 6.52. The molecule has 2 unspecified atom stereocenters. The van der Waals surface area contributed by atoms with Crippen molar-refractivity contribution in [1.82, 2.24) is 4.90 Å². The Bertz CT molecular complexity index is 147. The van der Waals surface area contributed by atoms with Gasteiger partial charge in [-0.05, 0) is 13.5 Å². The van der Waals surface area contributed by atoms with Crippen LogP contribution in [-0.2, 0) is 0 Å². The van der Waals surface area contributed by atoms with Crippen molar-refractivity contribution in [3.8, 4) is 0 Å². The Kier molecular flexibility index (Phi) is 6.96. The summed E-state index contributed by atoms with van der Waals surface area (Å²) in [6, 6.07) is -0.613. The smallest absolute Gasteiger partial charge is 0.251 e. The number of rotatable bonds is 7. The van der Waals surface area contributed by atoms with Crippen LogP contribution in [0.15, 0.2) is 0 Å². The zero-order valence-corrected chi connectivity index (χ0v) is 8.79. The predicted octanol–water partition coefficient (Wildman–Crippen LogP) is 0.672. The first-order valence-corrected chi connectivity index (χ1v) is 4.87. The van der Waals surface area contributed by atoms with Crippen LogP contribution < -0.4 is 5.73 Å². The van der Waals surface area contributed by atoms with Crippen molar-refractivity contribution in [2.24, 2.45) is 5.73 Å². The SMILES string of the molecule is CCCC(N)C(CO)N(C)CC(F)F. The van der Waals surface area contributed by atoms with Gasteiger partial charge in [-0.25, -0.2) is 8.78 Å². The van der Waals surface area contributed by atoms with E-state index in [2.05, 4.69) is 0 Å². The summed E-state index contributed by atoms with van der Waals surface area (Å²) in [5.74, 6) is 0. The van der Waals surface area contributed by atoms with Crippen LogP contribution in [0.25, 0.3) is 0 Å². The van der Waals surface area contributed by atoms with E-state index in [0.717, 1.165) is 12.8 Å². The minimum atomic E-state index is -2.39. The van der Waals surface area contributed by atoms with Crippen molar-refractivity contribution in [3.05, 3.63) is 0 Å². The molecule has 0 heterocycles. The van der Waals surface area contributed by atoms with Gasteiger partial charge in [0.1, 0.15) is 0 Å². The summed E-state index contributed by atoms with van der Waals surface area (Å²) in [5, 5.41) is 9.04. The molecule has 0 spiro atoms. The van der Waals surface area contributed by atoms with Crippen molar-refractivity contribution in [2.75, 3.05) is 20.2 Å². The monoisotopic (exact) mass is 210 g/mol. The van der Waals surface area contributed by atoms with Gasteiger partial charge in [0.15, 0.2) is 0 Å². The Hall–Kier alpha value is -0.260. The van der Waals surface area contributed by atoms with E-state index in [0.29, 0.717) is 0 Å². The minimum Gasteiger partial charge on any atom is -0.395 e. The molecule has 0 aromatic rings. The van der Waals surface area contributed by atoms with Crippen LogP contribution in [0.2, 0.25) is 0 Å². The summed E-state index contributed by atoms with van der Waals surface area (Å²) in [6.07, 6.45) is -0.762. The molecule has 0 fully saturated rings. The lowest BCUT2D eigenvalue weighted by Crippen LogP contribution is -2.49. The third-order valence-corrected chi connectivity index (χ3v) is 2.30. The summed E-state index contributed by atoms with van der Waals surface area (Å²) in [5.41, 5.74) is 5.77. The van der Waals surface area contributed by atoms with Crippen LogP contribution in [0.4, 0.5) is 8.78 Å². The molecule has 0 bridgehead atoms. The Balaban J connectivity index is 4.09. The number of hydrogen-bond acceptors (Lipinski definition) is 3. The van der Waals surface area contributed by atoms with E-state index in [1.807, 2.05) is 6.92 Å². The van der Waals surface area contributed by atoms with Crippen molar-refractivity contribution in [1.29, 1.82) is 0 Å². The fourth-order valence-corrected chi connectivity index (χ4v) is 1.48. The molecule has 0 rings (SSSR count). The van der Waals surface area contributed by atoms with E-state index < -0.39 is 6.43 Å². The maximum Gasteiger partial charge on any atom is 0.251 e. The van der Waals surface area contributed by atoms with Gasteiger partial charge in [0, 0.05) is 12.1 Å². The standard InChI is InChI=1S/C9H20F2N2O/c1-3-4-7(12)8(6-14)13(2)5-9(10)11/h7-9,14H,3-6,12H2,1-2H3. The highest BCUT2D eigenvalue weighted by atomic mass is 19.3. The zero-order chi connectivity index (χ0) is 11.1. The third-order valence-electron chi connectivity index (χ3n) is 2.30. The molecule has 3 N–H and O–H groups in total. The molecule has 0 aromatic carbocycles. The molecule has 2 atom stereocenters. The van der Waals surface area contributed by atoms with E-state index in [1.54, 1.807) is 7.05 Å². The number of halogens is 2. The molecule has 0 radical (unpaired) electrons. The molecule has 0 aliphatic heterocycles. The summed E-state index contributed by atoms with van der Waals surface area (Å²) in [6.45, 7) is 1.45. The largest absolute Gasteiger partial charge is 0.395 e. The Morgan fingerprint density at radius 3 is 2.36 bits per heavy atom. The number of likely N-dealkylation sites (N-methyl/N-ethyl adjacent to an activating group) is 1. The van der Waals surface area contributed by atoms with E-state index in [4.69, 9.17) is 10.8 Å². The Morgan fingerprint density at radius 2 is 2.00 bits per heavy atom. The van der Waals surface area contributed by atoms with Crippen LogP contribution in [0.3, 0.4) is 0 Å². The van der Waals surface area contributed by atoms with Gasteiger partial charge in [-0.15, -0.1) is 0 Å². The molecule has 86 valence electrons. The van der Waals surface area contributed by atoms with Gasteiger partial charge in [-0.1, -0.05) is 13.3 Å². The van der Waals surface area contributed by atoms with E-state index in [-0.39, 0.29) is 25.2 Å². The molecule has 0 aromatic heterocycles. The van der Waals surface area contributed by atoms with Crippen LogP contribution in [0, 0.1) is 0 Å². The van der Waals surface area contributed by atoms with Gasteiger partial charge >= 0.3 is 0 Å². The van der Waals surface area contributed by atoms with Crippen LogP contribution in [0.1, 0.15) is 19.8 Å². The lowest BCUT2D eigenvalue weighted by atomic mass is 10.0. The highest BCUT2D eigenvalue weighted by molar-refractivity contribution is 4.79. The summed E-state index contributed by atoms with van der Waals surface area (Å²) < 4.78 is 24.1. The molecule has 0 aliphatic rings. The van der Waals surface area contributed by atoms with E-state index in [9.17, 15) is 8.78 Å². The number of nitrogens with zero attached hydrogens (tertiary/aromatic N) is 1.